The van der Waals surface area contributed by atoms with E-state index in [4.69, 9.17) is 23.7 Å². The van der Waals surface area contributed by atoms with Gasteiger partial charge in [0, 0.05) is 38.5 Å². The zero-order valence-corrected chi connectivity index (χ0v) is 14.7. The van der Waals surface area contributed by atoms with Gasteiger partial charge in [-0.25, -0.2) is 0 Å². The number of nitrogens with zero attached hydrogens (tertiary/aromatic N) is 1. The van der Waals surface area contributed by atoms with Crippen LogP contribution in [-0.2, 0) is 14.3 Å². The lowest BCUT2D eigenvalue weighted by molar-refractivity contribution is -0.384. The van der Waals surface area contributed by atoms with Gasteiger partial charge in [-0.2, -0.15) is 0 Å². The fraction of sp³-hybridized carbons (Fsp3) is 0.235. The first kappa shape index (κ1) is 19.9. The summed E-state index contributed by atoms with van der Waals surface area (Å²) in [5.74, 6) is 1.12. The van der Waals surface area contributed by atoms with Gasteiger partial charge < -0.3 is 29.0 Å². The van der Waals surface area contributed by atoms with Crippen molar-refractivity contribution in [2.45, 2.75) is 0 Å². The van der Waals surface area contributed by atoms with E-state index in [0.29, 0.717) is 17.9 Å². The van der Waals surface area contributed by atoms with E-state index in [9.17, 15) is 14.9 Å². The van der Waals surface area contributed by atoms with Crippen LogP contribution in [0.1, 0.15) is 0 Å². The van der Waals surface area contributed by atoms with Gasteiger partial charge in [0.15, 0.2) is 25.1 Å². The molecule has 0 heterocycles. The van der Waals surface area contributed by atoms with Crippen LogP contribution in [0.5, 0.6) is 23.0 Å². The summed E-state index contributed by atoms with van der Waals surface area (Å²) < 4.78 is 26.4. The Balaban J connectivity index is 2.39. The van der Waals surface area contributed by atoms with E-state index in [-0.39, 0.29) is 36.5 Å². The maximum absolute atomic E-state index is 11.0. The third-order valence-electron chi connectivity index (χ3n) is 3.19. The lowest BCUT2D eigenvalue weighted by Gasteiger charge is -2.17. The van der Waals surface area contributed by atoms with Crippen molar-refractivity contribution in [1.82, 2.24) is 0 Å². The second-order valence-electron chi connectivity index (χ2n) is 5.01. The molecule has 0 spiro atoms. The number of non-ortho nitro benzene ring substituents is 1. The van der Waals surface area contributed by atoms with Gasteiger partial charge in [-0.05, 0) is 12.1 Å². The van der Waals surface area contributed by atoms with Gasteiger partial charge in [0.05, 0.1) is 4.92 Å². The van der Waals surface area contributed by atoms with Crippen LogP contribution in [0.15, 0.2) is 36.4 Å². The molecule has 0 atom stereocenters. The third kappa shape index (κ3) is 5.56. The van der Waals surface area contributed by atoms with Crippen LogP contribution in [0.3, 0.4) is 0 Å². The van der Waals surface area contributed by atoms with Crippen LogP contribution >= 0.6 is 0 Å². The van der Waals surface area contributed by atoms with E-state index in [1.165, 1.54) is 50.6 Å². The summed E-state index contributed by atoms with van der Waals surface area (Å²) in [5, 5.41) is 13.3. The van der Waals surface area contributed by atoms with E-state index in [2.05, 4.69) is 5.32 Å². The molecule has 0 unspecified atom stereocenters. The Hall–Kier alpha value is -3.37. The van der Waals surface area contributed by atoms with Crippen molar-refractivity contribution in [3.05, 3.63) is 46.5 Å². The molecule has 1 N–H and O–H groups in total. The maximum atomic E-state index is 11.0. The summed E-state index contributed by atoms with van der Waals surface area (Å²) in [6.07, 6.45) is 0.466. The monoisotopic (exact) mass is 378 g/mol. The fourth-order valence-electron chi connectivity index (χ4n) is 2.06. The number of nitro groups is 1. The number of methoxy groups -OCH3 is 2. The quantitative estimate of drug-likeness (QED) is 0.274. The first-order valence-electron chi connectivity index (χ1n) is 7.63. The van der Waals surface area contributed by atoms with E-state index < -0.39 is 4.92 Å². The molecule has 0 aliphatic heterocycles. The van der Waals surface area contributed by atoms with Gasteiger partial charge >= 0.3 is 0 Å². The molecule has 0 aromatic heterocycles. The number of nitro benzene ring substituents is 1. The topological polar surface area (TPSA) is 118 Å². The molecule has 2 aromatic rings. The summed E-state index contributed by atoms with van der Waals surface area (Å²) in [6, 6.07) is 8.52. The Labute approximate surface area is 154 Å². The lowest BCUT2D eigenvalue weighted by atomic mass is 10.2. The summed E-state index contributed by atoms with van der Waals surface area (Å²) in [4.78, 5) is 21.2. The molecule has 1 amide bonds. The summed E-state index contributed by atoms with van der Waals surface area (Å²) in [6.45, 7) is -0.0839. The van der Waals surface area contributed by atoms with Gasteiger partial charge in [-0.15, -0.1) is 0 Å². The Morgan fingerprint density at radius 3 is 2.22 bits per heavy atom. The van der Waals surface area contributed by atoms with Crippen molar-refractivity contribution < 1.29 is 33.4 Å². The number of carbonyl (C=O) groups is 1. The molecule has 2 aromatic carbocycles. The Kier molecular flexibility index (Phi) is 7.35. The molecular formula is C17H18N2O8. The van der Waals surface area contributed by atoms with Gasteiger partial charge in [-0.3, -0.25) is 14.9 Å². The largest absolute Gasteiger partial charge is 0.467 e. The number of benzene rings is 2. The molecule has 10 heteroatoms. The minimum Gasteiger partial charge on any atom is -0.467 e. The zero-order chi connectivity index (χ0) is 19.6. The second kappa shape index (κ2) is 9.94. The number of rotatable bonds is 11. The molecule has 0 aliphatic rings. The predicted octanol–water partition coefficient (Wildman–Crippen LogP) is 2.92. The Bertz CT molecular complexity index is 779. The number of nitrogens with one attached hydrogen (secondary N) is 1. The lowest BCUT2D eigenvalue weighted by Crippen LogP contribution is -2.06. The van der Waals surface area contributed by atoms with Crippen molar-refractivity contribution in [3.8, 4) is 23.0 Å². The van der Waals surface area contributed by atoms with Crippen LogP contribution in [0, 0.1) is 10.1 Å². The first-order chi connectivity index (χ1) is 13.1. The highest BCUT2D eigenvalue weighted by molar-refractivity contribution is 5.81. The van der Waals surface area contributed by atoms with E-state index in [1.54, 1.807) is 0 Å². The summed E-state index contributed by atoms with van der Waals surface area (Å²) in [5.41, 5.74) is 0.167. The molecule has 10 nitrogen and oxygen atoms in total. The fourth-order valence-corrected chi connectivity index (χ4v) is 2.06. The minimum absolute atomic E-state index is 0.0128. The SMILES string of the molecule is COCOc1cc(OCOC)c(NC=O)c(Oc2ccc([N+](=O)[O-])cc2)c1. The normalized spacial score (nSPS) is 10.1. The van der Waals surface area contributed by atoms with Gasteiger partial charge in [0.2, 0.25) is 6.41 Å². The molecule has 0 aliphatic carbocycles. The molecule has 0 bridgehead atoms. The highest BCUT2D eigenvalue weighted by Crippen LogP contribution is 2.41. The summed E-state index contributed by atoms with van der Waals surface area (Å²) >= 11 is 0. The van der Waals surface area contributed by atoms with Crippen molar-refractivity contribution in [3.63, 3.8) is 0 Å². The molecule has 0 fully saturated rings. The number of anilines is 1. The van der Waals surface area contributed by atoms with E-state index in [1.807, 2.05) is 0 Å². The van der Waals surface area contributed by atoms with Crippen LogP contribution < -0.4 is 19.5 Å². The smallest absolute Gasteiger partial charge is 0.269 e. The van der Waals surface area contributed by atoms with E-state index in [0.717, 1.165) is 0 Å². The number of carbonyl (C=O) groups excluding carboxylic acids is 1. The average Bonchev–Trinajstić information content (AvgIpc) is 2.67. The van der Waals surface area contributed by atoms with Crippen molar-refractivity contribution in [1.29, 1.82) is 0 Å². The number of amides is 1. The molecule has 0 radical (unpaired) electrons. The van der Waals surface area contributed by atoms with Crippen LogP contribution in [0.4, 0.5) is 11.4 Å². The van der Waals surface area contributed by atoms with Gasteiger partial charge in [0.1, 0.15) is 17.2 Å². The predicted molar refractivity (Wildman–Crippen MR) is 94.3 cm³/mol. The Morgan fingerprint density at radius 2 is 1.63 bits per heavy atom. The molecule has 0 saturated carbocycles. The number of hydrogen-bond acceptors (Lipinski definition) is 8. The van der Waals surface area contributed by atoms with Crippen molar-refractivity contribution >= 4 is 17.8 Å². The third-order valence-corrected chi connectivity index (χ3v) is 3.19. The highest BCUT2D eigenvalue weighted by Gasteiger charge is 2.16. The number of hydrogen-bond donors (Lipinski definition) is 1. The first-order valence-corrected chi connectivity index (χ1v) is 7.63. The van der Waals surface area contributed by atoms with Crippen LogP contribution in [-0.4, -0.2) is 39.1 Å². The van der Waals surface area contributed by atoms with Gasteiger partial charge in [0.25, 0.3) is 5.69 Å². The molecule has 2 rings (SSSR count). The number of ether oxygens (including phenoxy) is 5. The summed E-state index contributed by atoms with van der Waals surface area (Å²) in [7, 11) is 2.92. The average molecular weight is 378 g/mol. The highest BCUT2D eigenvalue weighted by atomic mass is 16.7. The Morgan fingerprint density at radius 1 is 1.00 bits per heavy atom. The van der Waals surface area contributed by atoms with Crippen molar-refractivity contribution in [2.75, 3.05) is 33.1 Å². The van der Waals surface area contributed by atoms with Gasteiger partial charge in [-0.1, -0.05) is 0 Å². The maximum Gasteiger partial charge on any atom is 0.269 e. The molecule has 0 saturated heterocycles. The molecule has 27 heavy (non-hydrogen) atoms. The van der Waals surface area contributed by atoms with Crippen LogP contribution in [0.25, 0.3) is 0 Å². The molecular weight excluding hydrogens is 360 g/mol. The molecule has 144 valence electrons. The standard InChI is InChI=1S/C17H18N2O8/c1-23-10-25-14-7-15(26-11-24-2)17(18-9-20)16(8-14)27-13-5-3-12(4-6-13)19(21)22/h3-9H,10-11H2,1-2H3,(H,18,20). The minimum atomic E-state index is -0.515. The van der Waals surface area contributed by atoms with Crippen molar-refractivity contribution in [2.24, 2.45) is 0 Å². The van der Waals surface area contributed by atoms with Crippen LogP contribution in [0.2, 0.25) is 0 Å². The second-order valence-corrected chi connectivity index (χ2v) is 5.01. The zero-order valence-electron chi connectivity index (χ0n) is 14.7. The van der Waals surface area contributed by atoms with E-state index >= 15 is 0 Å².